The van der Waals surface area contributed by atoms with Gasteiger partial charge in [-0.3, -0.25) is 0 Å². The van der Waals surface area contributed by atoms with Crippen molar-refractivity contribution in [3.05, 3.63) is 28.8 Å². The van der Waals surface area contributed by atoms with Gasteiger partial charge in [0.05, 0.1) is 21.8 Å². The van der Waals surface area contributed by atoms with Gasteiger partial charge in [-0.1, -0.05) is 13.8 Å². The molecular formula is C15H17F3N2S. The summed E-state index contributed by atoms with van der Waals surface area (Å²) in [5.74, 6) is 0. The minimum atomic E-state index is -4.32. The van der Waals surface area contributed by atoms with Crippen LogP contribution in [0.15, 0.2) is 18.2 Å². The lowest BCUT2D eigenvalue weighted by molar-refractivity contribution is -0.137. The lowest BCUT2D eigenvalue weighted by Gasteiger charge is -2.38. The Morgan fingerprint density at radius 3 is 2.76 bits per heavy atom. The molecule has 1 fully saturated rings. The summed E-state index contributed by atoms with van der Waals surface area (Å²) in [7, 11) is 0. The molecule has 6 heteroatoms. The number of nitrogens with one attached hydrogen (secondary N) is 1. The van der Waals surface area contributed by atoms with Crippen molar-refractivity contribution in [2.75, 3.05) is 6.54 Å². The molecule has 0 radical (unpaired) electrons. The van der Waals surface area contributed by atoms with Gasteiger partial charge in [-0.25, -0.2) is 4.98 Å². The minimum Gasteiger partial charge on any atom is -0.307 e. The number of benzene rings is 1. The van der Waals surface area contributed by atoms with Crippen molar-refractivity contribution in [2.45, 2.75) is 38.9 Å². The molecular weight excluding hydrogens is 297 g/mol. The topological polar surface area (TPSA) is 24.9 Å². The molecule has 0 spiro atoms. The quantitative estimate of drug-likeness (QED) is 0.820. The Kier molecular flexibility index (Phi) is 3.48. The third-order valence-electron chi connectivity index (χ3n) is 4.11. The van der Waals surface area contributed by atoms with Crippen LogP contribution < -0.4 is 5.32 Å². The zero-order chi connectivity index (χ0) is 15.3. The van der Waals surface area contributed by atoms with Crippen molar-refractivity contribution in [3.8, 4) is 0 Å². The number of fused-ring (bicyclic) bond motifs is 1. The van der Waals surface area contributed by atoms with E-state index in [0.717, 1.165) is 41.2 Å². The van der Waals surface area contributed by atoms with Crippen LogP contribution in [0.4, 0.5) is 13.2 Å². The Morgan fingerprint density at radius 2 is 2.10 bits per heavy atom. The fourth-order valence-corrected chi connectivity index (χ4v) is 4.11. The number of hydrogen-bond acceptors (Lipinski definition) is 3. The van der Waals surface area contributed by atoms with E-state index in [1.54, 1.807) is 0 Å². The molecule has 114 valence electrons. The first-order valence-corrected chi connectivity index (χ1v) is 7.80. The number of thiazole rings is 1. The summed E-state index contributed by atoms with van der Waals surface area (Å²) < 4.78 is 39.1. The third kappa shape index (κ3) is 2.79. The molecule has 1 unspecified atom stereocenters. The van der Waals surface area contributed by atoms with Crippen molar-refractivity contribution >= 4 is 21.6 Å². The van der Waals surface area contributed by atoms with Crippen LogP contribution in [0.5, 0.6) is 0 Å². The highest BCUT2D eigenvalue weighted by Gasteiger charge is 2.36. The fourth-order valence-electron chi connectivity index (χ4n) is 2.88. The lowest BCUT2D eigenvalue weighted by Crippen LogP contribution is -2.39. The standard InChI is InChI=1S/C15H17F3N2S/c1-14(2)6-3-7-19-12(14)13-20-10-8-9(15(16,17)18)4-5-11(10)21-13/h4-5,8,12,19H,3,6-7H2,1-2H3. The van der Waals surface area contributed by atoms with E-state index in [1.807, 2.05) is 0 Å². The molecule has 1 aliphatic heterocycles. The summed E-state index contributed by atoms with van der Waals surface area (Å²) in [5, 5.41) is 4.34. The second-order valence-corrected chi connectivity index (χ2v) is 7.27. The van der Waals surface area contributed by atoms with Crippen molar-refractivity contribution in [1.29, 1.82) is 0 Å². The molecule has 2 aromatic rings. The van der Waals surface area contributed by atoms with Crippen LogP contribution in [-0.4, -0.2) is 11.5 Å². The minimum absolute atomic E-state index is 0.0684. The maximum Gasteiger partial charge on any atom is 0.416 e. The summed E-state index contributed by atoms with van der Waals surface area (Å²) >= 11 is 1.48. The van der Waals surface area contributed by atoms with Crippen LogP contribution in [0.1, 0.15) is 43.3 Å². The highest BCUT2D eigenvalue weighted by molar-refractivity contribution is 7.18. The Labute approximate surface area is 125 Å². The number of halogens is 3. The second-order valence-electron chi connectivity index (χ2n) is 6.21. The van der Waals surface area contributed by atoms with E-state index in [1.165, 1.54) is 17.4 Å². The number of nitrogens with zero attached hydrogens (tertiary/aromatic N) is 1. The van der Waals surface area contributed by atoms with E-state index >= 15 is 0 Å². The van der Waals surface area contributed by atoms with Crippen LogP contribution in [0, 0.1) is 5.41 Å². The van der Waals surface area contributed by atoms with Gasteiger partial charge in [-0.2, -0.15) is 13.2 Å². The van der Waals surface area contributed by atoms with E-state index < -0.39 is 11.7 Å². The third-order valence-corrected chi connectivity index (χ3v) is 5.21. The largest absolute Gasteiger partial charge is 0.416 e. The van der Waals surface area contributed by atoms with Gasteiger partial charge in [0.25, 0.3) is 0 Å². The Morgan fingerprint density at radius 1 is 1.33 bits per heavy atom. The molecule has 0 amide bonds. The van der Waals surface area contributed by atoms with Gasteiger partial charge < -0.3 is 5.32 Å². The van der Waals surface area contributed by atoms with E-state index in [2.05, 4.69) is 24.1 Å². The maximum absolute atomic E-state index is 12.8. The predicted molar refractivity (Wildman–Crippen MR) is 78.4 cm³/mol. The molecule has 1 aliphatic rings. The van der Waals surface area contributed by atoms with Crippen LogP contribution in [0.25, 0.3) is 10.2 Å². The maximum atomic E-state index is 12.8. The zero-order valence-electron chi connectivity index (χ0n) is 11.9. The van der Waals surface area contributed by atoms with Gasteiger partial charge in [0, 0.05) is 0 Å². The van der Waals surface area contributed by atoms with Gasteiger partial charge in [0.15, 0.2) is 0 Å². The van der Waals surface area contributed by atoms with E-state index in [0.29, 0.717) is 5.52 Å². The van der Waals surface area contributed by atoms with Gasteiger partial charge >= 0.3 is 6.18 Å². The van der Waals surface area contributed by atoms with Crippen molar-refractivity contribution in [3.63, 3.8) is 0 Å². The highest BCUT2D eigenvalue weighted by Crippen LogP contribution is 2.43. The van der Waals surface area contributed by atoms with Crippen molar-refractivity contribution in [1.82, 2.24) is 10.3 Å². The van der Waals surface area contributed by atoms with E-state index in [9.17, 15) is 13.2 Å². The van der Waals surface area contributed by atoms with Gasteiger partial charge in [0.1, 0.15) is 5.01 Å². The first-order chi connectivity index (χ1) is 9.77. The summed E-state index contributed by atoms with van der Waals surface area (Å²) in [6.45, 7) is 5.28. The Hall–Kier alpha value is -1.14. The molecule has 0 aliphatic carbocycles. The number of rotatable bonds is 1. The molecule has 1 aromatic heterocycles. The predicted octanol–water partition coefficient (Wildman–Crippen LogP) is 4.77. The smallest absolute Gasteiger partial charge is 0.307 e. The summed E-state index contributed by atoms with van der Waals surface area (Å²) in [4.78, 5) is 4.46. The molecule has 1 atom stereocenters. The average molecular weight is 314 g/mol. The molecule has 21 heavy (non-hydrogen) atoms. The Bertz CT molecular complexity index is 660. The number of alkyl halides is 3. The summed E-state index contributed by atoms with van der Waals surface area (Å²) in [6, 6.07) is 3.90. The van der Waals surface area contributed by atoms with Crippen LogP contribution in [0.3, 0.4) is 0 Å². The van der Waals surface area contributed by atoms with E-state index in [-0.39, 0.29) is 11.5 Å². The molecule has 2 nitrogen and oxygen atoms in total. The van der Waals surface area contributed by atoms with E-state index in [4.69, 9.17) is 0 Å². The number of aromatic nitrogens is 1. The molecule has 1 N–H and O–H groups in total. The second kappa shape index (κ2) is 4.95. The highest BCUT2D eigenvalue weighted by atomic mass is 32.1. The zero-order valence-corrected chi connectivity index (χ0v) is 12.7. The fraction of sp³-hybridized carbons (Fsp3) is 0.533. The molecule has 0 bridgehead atoms. The number of piperidine rings is 1. The molecule has 1 aromatic carbocycles. The van der Waals surface area contributed by atoms with Crippen LogP contribution in [-0.2, 0) is 6.18 Å². The van der Waals surface area contributed by atoms with Gasteiger partial charge in [0.2, 0.25) is 0 Å². The number of hydrogen-bond donors (Lipinski definition) is 1. The summed E-state index contributed by atoms with van der Waals surface area (Å²) in [6.07, 6.45) is -2.11. The van der Waals surface area contributed by atoms with Crippen LogP contribution in [0.2, 0.25) is 0 Å². The first kappa shape index (κ1) is 14.8. The average Bonchev–Trinajstić information content (AvgIpc) is 2.79. The van der Waals surface area contributed by atoms with Crippen LogP contribution >= 0.6 is 11.3 Å². The first-order valence-electron chi connectivity index (χ1n) is 6.98. The van der Waals surface area contributed by atoms with Crippen molar-refractivity contribution in [2.24, 2.45) is 5.41 Å². The summed E-state index contributed by atoms with van der Waals surface area (Å²) in [5.41, 5.74) is -0.130. The van der Waals surface area contributed by atoms with Crippen molar-refractivity contribution < 1.29 is 13.2 Å². The van der Waals surface area contributed by atoms with Gasteiger partial charge in [-0.05, 0) is 43.0 Å². The normalized spacial score (nSPS) is 22.6. The lowest BCUT2D eigenvalue weighted by atomic mass is 9.78. The monoisotopic (exact) mass is 314 g/mol. The Balaban J connectivity index is 2.01. The SMILES string of the molecule is CC1(C)CCCNC1c1nc2cc(C(F)(F)F)ccc2s1. The molecule has 0 saturated carbocycles. The molecule has 2 heterocycles. The molecule has 1 saturated heterocycles. The van der Waals surface area contributed by atoms with Gasteiger partial charge in [-0.15, -0.1) is 11.3 Å². The molecule has 3 rings (SSSR count).